The van der Waals surface area contributed by atoms with Gasteiger partial charge in [0.1, 0.15) is 6.61 Å². The van der Waals surface area contributed by atoms with Crippen LogP contribution in [0.4, 0.5) is 18.0 Å². The molecular weight excluding hydrogens is 381 g/mol. The Balaban J connectivity index is 0.000000480. The number of ether oxygens (including phenoxy) is 1. The molecular formula is C17H21F3N4O4. The number of imidazole rings is 1. The second-order valence-electron chi connectivity index (χ2n) is 5.60. The zero-order valence-electron chi connectivity index (χ0n) is 15.0. The van der Waals surface area contributed by atoms with Crippen molar-refractivity contribution < 1.29 is 32.6 Å². The van der Waals surface area contributed by atoms with E-state index >= 15 is 0 Å². The van der Waals surface area contributed by atoms with Crippen LogP contribution in [0.15, 0.2) is 42.9 Å². The summed E-state index contributed by atoms with van der Waals surface area (Å²) in [4.78, 5) is 27.4. The second kappa shape index (κ2) is 11.6. The molecule has 0 bridgehead atoms. The molecule has 2 aromatic rings. The van der Waals surface area contributed by atoms with E-state index in [4.69, 9.17) is 14.6 Å². The number of amides is 1. The predicted molar refractivity (Wildman–Crippen MR) is 93.2 cm³/mol. The molecule has 154 valence electrons. The first kappa shape index (κ1) is 23.0. The lowest BCUT2D eigenvalue weighted by Gasteiger charge is -2.14. The fourth-order valence-electron chi connectivity index (χ4n) is 1.75. The highest BCUT2D eigenvalue weighted by atomic mass is 19.4. The Hall–Kier alpha value is -3.08. The fourth-order valence-corrected chi connectivity index (χ4v) is 1.75. The number of alkyl halides is 3. The van der Waals surface area contributed by atoms with E-state index in [0.29, 0.717) is 13.1 Å². The van der Waals surface area contributed by atoms with Gasteiger partial charge in [-0.05, 0) is 12.5 Å². The van der Waals surface area contributed by atoms with Crippen LogP contribution in [0.1, 0.15) is 18.2 Å². The molecule has 0 fully saturated rings. The minimum absolute atomic E-state index is 0.137. The molecule has 0 aliphatic heterocycles. The summed E-state index contributed by atoms with van der Waals surface area (Å²) in [5.74, 6) is -2.76. The number of aromatic amines is 1. The van der Waals surface area contributed by atoms with E-state index in [1.165, 1.54) is 0 Å². The van der Waals surface area contributed by atoms with E-state index in [1.54, 1.807) is 12.5 Å². The van der Waals surface area contributed by atoms with Crippen LogP contribution in [0.5, 0.6) is 0 Å². The molecule has 1 amide bonds. The Bertz CT molecular complexity index is 709. The monoisotopic (exact) mass is 402 g/mol. The van der Waals surface area contributed by atoms with Gasteiger partial charge in [-0.15, -0.1) is 0 Å². The number of H-pyrrole nitrogens is 1. The zero-order chi connectivity index (χ0) is 21.0. The third-order valence-electron chi connectivity index (χ3n) is 3.20. The Labute approximate surface area is 159 Å². The van der Waals surface area contributed by atoms with E-state index in [9.17, 15) is 18.0 Å². The number of nitrogens with zero attached hydrogens (tertiary/aromatic N) is 1. The number of carbonyl (C=O) groups excluding carboxylic acids is 1. The van der Waals surface area contributed by atoms with Crippen LogP contribution in [0.3, 0.4) is 0 Å². The summed E-state index contributed by atoms with van der Waals surface area (Å²) in [6.07, 6.45) is -2.09. The van der Waals surface area contributed by atoms with Gasteiger partial charge in [0, 0.05) is 31.0 Å². The molecule has 8 nitrogen and oxygen atoms in total. The second-order valence-corrected chi connectivity index (χ2v) is 5.60. The summed E-state index contributed by atoms with van der Waals surface area (Å²) in [7, 11) is 0. The number of carboxylic acid groups (broad SMARTS) is 1. The minimum atomic E-state index is -5.08. The highest BCUT2D eigenvalue weighted by molar-refractivity contribution is 5.73. The van der Waals surface area contributed by atoms with Gasteiger partial charge in [0.05, 0.1) is 6.33 Å². The maximum absolute atomic E-state index is 11.6. The molecule has 4 N–H and O–H groups in total. The van der Waals surface area contributed by atoms with Crippen LogP contribution in [-0.4, -0.2) is 45.9 Å². The highest BCUT2D eigenvalue weighted by Gasteiger charge is 2.38. The van der Waals surface area contributed by atoms with Gasteiger partial charge < -0.3 is 25.5 Å². The van der Waals surface area contributed by atoms with Crippen molar-refractivity contribution in [1.29, 1.82) is 0 Å². The third-order valence-corrected chi connectivity index (χ3v) is 3.20. The van der Waals surface area contributed by atoms with E-state index in [0.717, 1.165) is 11.3 Å². The summed E-state index contributed by atoms with van der Waals surface area (Å²) in [6, 6.07) is 9.73. The summed E-state index contributed by atoms with van der Waals surface area (Å²) in [5.41, 5.74) is 1.98. The number of aliphatic carboxylic acids is 1. The Morgan fingerprint density at radius 1 is 1.29 bits per heavy atom. The molecule has 1 atom stereocenters. The molecule has 2 rings (SSSR count). The van der Waals surface area contributed by atoms with Crippen LogP contribution in [-0.2, 0) is 22.7 Å². The summed E-state index contributed by atoms with van der Waals surface area (Å²) < 4.78 is 36.9. The number of halogens is 3. The van der Waals surface area contributed by atoms with Crippen molar-refractivity contribution in [2.75, 3.05) is 6.54 Å². The molecule has 0 radical (unpaired) electrons. The Kier molecular flexibility index (Phi) is 9.51. The molecule has 0 aliphatic rings. The summed E-state index contributed by atoms with van der Waals surface area (Å²) in [5, 5.41) is 13.1. The van der Waals surface area contributed by atoms with Crippen molar-refractivity contribution in [1.82, 2.24) is 20.6 Å². The van der Waals surface area contributed by atoms with Crippen LogP contribution in [0, 0.1) is 0 Å². The first-order valence-electron chi connectivity index (χ1n) is 8.13. The van der Waals surface area contributed by atoms with E-state index < -0.39 is 18.2 Å². The van der Waals surface area contributed by atoms with Crippen molar-refractivity contribution in [3.63, 3.8) is 0 Å². The highest BCUT2D eigenvalue weighted by Crippen LogP contribution is 2.13. The maximum atomic E-state index is 11.6. The van der Waals surface area contributed by atoms with Gasteiger partial charge in [-0.3, -0.25) is 0 Å². The minimum Gasteiger partial charge on any atom is -0.475 e. The van der Waals surface area contributed by atoms with Gasteiger partial charge >= 0.3 is 18.2 Å². The molecule has 1 aromatic carbocycles. The third kappa shape index (κ3) is 10.2. The number of nitrogens with one attached hydrogen (secondary N) is 3. The first-order chi connectivity index (χ1) is 13.2. The average molecular weight is 402 g/mol. The molecule has 1 aromatic heterocycles. The van der Waals surface area contributed by atoms with Gasteiger partial charge in [0.25, 0.3) is 0 Å². The van der Waals surface area contributed by atoms with Crippen molar-refractivity contribution >= 4 is 12.1 Å². The van der Waals surface area contributed by atoms with Gasteiger partial charge in [-0.1, -0.05) is 30.3 Å². The first-order valence-corrected chi connectivity index (χ1v) is 8.13. The quantitative estimate of drug-likeness (QED) is 0.565. The summed E-state index contributed by atoms with van der Waals surface area (Å²) in [6.45, 7) is 3.46. The van der Waals surface area contributed by atoms with Crippen molar-refractivity contribution in [3.8, 4) is 0 Å². The van der Waals surface area contributed by atoms with Crippen molar-refractivity contribution in [3.05, 3.63) is 54.1 Å². The standard InChI is InChI=1S/C15H20N4O2.C2HF3O2/c1-12(17-9-14-8-16-11-19-14)7-18-15(20)21-10-13-5-3-2-4-6-13;3-2(4,5)1(6)7/h2-6,8,11-12,17H,7,9-10H2,1H3,(H,16,19)(H,18,20);(H,6,7)/t12-;/m0./s1. The molecule has 0 unspecified atom stereocenters. The van der Waals surface area contributed by atoms with E-state index in [1.807, 2.05) is 37.3 Å². The molecule has 28 heavy (non-hydrogen) atoms. The SMILES string of the molecule is C[C@@H](CNC(=O)OCc1ccccc1)NCc1cnc[nH]1.O=C(O)C(F)(F)F. The average Bonchev–Trinajstić information content (AvgIpc) is 3.17. The largest absolute Gasteiger partial charge is 0.490 e. The number of aromatic nitrogens is 2. The maximum Gasteiger partial charge on any atom is 0.490 e. The molecule has 0 saturated carbocycles. The van der Waals surface area contributed by atoms with Crippen molar-refractivity contribution in [2.45, 2.75) is 32.3 Å². The number of hydrogen-bond donors (Lipinski definition) is 4. The molecule has 1 heterocycles. The fraction of sp³-hybridized carbons (Fsp3) is 0.353. The van der Waals surface area contributed by atoms with Gasteiger partial charge in [-0.2, -0.15) is 13.2 Å². The predicted octanol–water partition coefficient (Wildman–Crippen LogP) is 2.45. The number of carboxylic acids is 1. The van der Waals surface area contributed by atoms with Gasteiger partial charge in [0.2, 0.25) is 0 Å². The van der Waals surface area contributed by atoms with Crippen LogP contribution in [0.25, 0.3) is 0 Å². The number of alkyl carbamates (subject to hydrolysis) is 1. The molecule has 11 heteroatoms. The molecule has 0 spiro atoms. The zero-order valence-corrected chi connectivity index (χ0v) is 15.0. The smallest absolute Gasteiger partial charge is 0.475 e. The normalized spacial score (nSPS) is 11.7. The topological polar surface area (TPSA) is 116 Å². The molecule has 0 saturated heterocycles. The summed E-state index contributed by atoms with van der Waals surface area (Å²) >= 11 is 0. The Morgan fingerprint density at radius 2 is 1.93 bits per heavy atom. The van der Waals surface area contributed by atoms with Gasteiger partial charge in [-0.25, -0.2) is 14.6 Å². The number of carbonyl (C=O) groups is 2. The molecule has 0 aliphatic carbocycles. The lowest BCUT2D eigenvalue weighted by molar-refractivity contribution is -0.192. The van der Waals surface area contributed by atoms with E-state index in [2.05, 4.69) is 20.6 Å². The lowest BCUT2D eigenvalue weighted by atomic mass is 10.2. The lowest BCUT2D eigenvalue weighted by Crippen LogP contribution is -2.38. The number of hydrogen-bond acceptors (Lipinski definition) is 5. The number of benzene rings is 1. The van der Waals surface area contributed by atoms with Gasteiger partial charge in [0.15, 0.2) is 0 Å². The van der Waals surface area contributed by atoms with Crippen LogP contribution >= 0.6 is 0 Å². The van der Waals surface area contributed by atoms with E-state index in [-0.39, 0.29) is 12.6 Å². The Morgan fingerprint density at radius 3 is 2.46 bits per heavy atom. The van der Waals surface area contributed by atoms with Crippen LogP contribution < -0.4 is 10.6 Å². The van der Waals surface area contributed by atoms with Crippen molar-refractivity contribution in [2.24, 2.45) is 0 Å². The van der Waals surface area contributed by atoms with Crippen LogP contribution in [0.2, 0.25) is 0 Å². The number of rotatable bonds is 7.